The van der Waals surface area contributed by atoms with Crippen LogP contribution in [-0.2, 0) is 6.42 Å². The van der Waals surface area contributed by atoms with Crippen molar-refractivity contribution in [2.75, 3.05) is 7.11 Å². The Balaban J connectivity index is 0.00000192. The molecule has 0 spiro atoms. The third-order valence-electron chi connectivity index (χ3n) is 3.84. The molecule has 4 heteroatoms. The minimum Gasteiger partial charge on any atom is -0.496 e. The van der Waals surface area contributed by atoms with E-state index in [1.54, 1.807) is 7.11 Å². The molecule has 23 heavy (non-hydrogen) atoms. The van der Waals surface area contributed by atoms with Crippen LogP contribution in [0.25, 0.3) is 22.0 Å². The monoisotopic (exact) mass is 328 g/mol. The van der Waals surface area contributed by atoms with Crippen LogP contribution < -0.4 is 4.74 Å². The highest BCUT2D eigenvalue weighted by molar-refractivity contribution is 5.99. The number of hydrogen-bond acceptors (Lipinski definition) is 3. The van der Waals surface area contributed by atoms with E-state index in [9.17, 15) is 0 Å². The summed E-state index contributed by atoms with van der Waals surface area (Å²) in [6.07, 6.45) is 5.05. The van der Waals surface area contributed by atoms with Crippen molar-refractivity contribution in [1.29, 1.82) is 0 Å². The fourth-order valence-corrected chi connectivity index (χ4v) is 2.68. The summed E-state index contributed by atoms with van der Waals surface area (Å²) in [5, 5.41) is 2.26. The Kier molecular flexibility index (Phi) is 5.94. The maximum absolute atomic E-state index is 5.46. The largest absolute Gasteiger partial charge is 0.496 e. The average molecular weight is 329 g/mol. The van der Waals surface area contributed by atoms with Gasteiger partial charge < -0.3 is 4.74 Å². The van der Waals surface area contributed by atoms with Gasteiger partial charge in [-0.15, -0.1) is 12.4 Å². The molecule has 3 aromatic rings. The molecule has 1 aromatic heterocycles. The number of halogens is 1. The van der Waals surface area contributed by atoms with Crippen LogP contribution in [-0.4, -0.2) is 17.1 Å². The van der Waals surface area contributed by atoms with Gasteiger partial charge in [0.15, 0.2) is 0 Å². The number of rotatable bonds is 5. The number of nitrogens with zero attached hydrogens (tertiary/aromatic N) is 2. The smallest absolute Gasteiger partial charge is 0.128 e. The summed E-state index contributed by atoms with van der Waals surface area (Å²) in [6, 6.07) is 14.3. The Morgan fingerprint density at radius 1 is 1.00 bits per heavy atom. The quantitative estimate of drug-likeness (QED) is 0.656. The molecular weight excluding hydrogens is 308 g/mol. The Bertz CT molecular complexity index is 789. The molecule has 0 fully saturated rings. The van der Waals surface area contributed by atoms with E-state index in [4.69, 9.17) is 9.72 Å². The van der Waals surface area contributed by atoms with Gasteiger partial charge in [-0.1, -0.05) is 37.6 Å². The van der Waals surface area contributed by atoms with Gasteiger partial charge in [0.2, 0.25) is 0 Å². The van der Waals surface area contributed by atoms with Crippen molar-refractivity contribution in [2.45, 2.75) is 26.2 Å². The highest BCUT2D eigenvalue weighted by atomic mass is 35.5. The second-order valence-electron chi connectivity index (χ2n) is 5.32. The van der Waals surface area contributed by atoms with Crippen LogP contribution in [0.5, 0.6) is 5.75 Å². The molecule has 0 aliphatic carbocycles. The molecule has 0 amide bonds. The Labute approximate surface area is 143 Å². The molecule has 3 rings (SSSR count). The lowest BCUT2D eigenvalue weighted by molar-refractivity contribution is 0.420. The van der Waals surface area contributed by atoms with Gasteiger partial charge >= 0.3 is 0 Å². The number of ether oxygens (including phenoxy) is 1. The van der Waals surface area contributed by atoms with Gasteiger partial charge in [0.1, 0.15) is 11.6 Å². The van der Waals surface area contributed by atoms with Crippen molar-refractivity contribution >= 4 is 23.2 Å². The molecule has 0 aliphatic rings. The van der Waals surface area contributed by atoms with Crippen LogP contribution in [0.15, 0.2) is 48.7 Å². The van der Waals surface area contributed by atoms with Crippen molar-refractivity contribution in [3.05, 3.63) is 54.5 Å². The summed E-state index contributed by atoms with van der Waals surface area (Å²) in [7, 11) is 1.70. The van der Waals surface area contributed by atoms with Crippen molar-refractivity contribution in [2.24, 2.45) is 0 Å². The molecule has 0 atom stereocenters. The minimum atomic E-state index is 0. The first-order valence-electron chi connectivity index (χ1n) is 7.71. The van der Waals surface area contributed by atoms with Gasteiger partial charge in [0, 0.05) is 23.6 Å². The molecule has 120 valence electrons. The van der Waals surface area contributed by atoms with Gasteiger partial charge in [0.05, 0.1) is 12.8 Å². The molecule has 1 heterocycles. The standard InChI is InChI=1S/C19H20N2O.ClH/c1-3-4-9-19-20-13-12-17(21-19)15-10-11-18(22-2)16-8-6-5-7-14(15)16;/h5-8,10-13H,3-4,9H2,1-2H3;1H. The number of aromatic nitrogens is 2. The van der Waals surface area contributed by atoms with Gasteiger partial charge in [-0.25, -0.2) is 9.97 Å². The van der Waals surface area contributed by atoms with E-state index in [0.29, 0.717) is 0 Å². The van der Waals surface area contributed by atoms with Gasteiger partial charge in [-0.3, -0.25) is 0 Å². The number of aryl methyl sites for hydroxylation is 1. The maximum Gasteiger partial charge on any atom is 0.128 e. The predicted molar refractivity (Wildman–Crippen MR) is 97.4 cm³/mol. The van der Waals surface area contributed by atoms with Crippen LogP contribution in [0.3, 0.4) is 0 Å². The minimum absolute atomic E-state index is 0. The lowest BCUT2D eigenvalue weighted by Crippen LogP contribution is -1.97. The zero-order chi connectivity index (χ0) is 15.4. The first-order chi connectivity index (χ1) is 10.8. The molecule has 2 aromatic carbocycles. The number of benzene rings is 2. The van der Waals surface area contributed by atoms with Crippen molar-refractivity contribution < 1.29 is 4.74 Å². The second kappa shape index (κ2) is 7.93. The number of hydrogen-bond donors (Lipinski definition) is 0. The maximum atomic E-state index is 5.46. The Morgan fingerprint density at radius 3 is 2.52 bits per heavy atom. The fourth-order valence-electron chi connectivity index (χ4n) is 2.68. The van der Waals surface area contributed by atoms with E-state index in [0.717, 1.165) is 52.9 Å². The first-order valence-corrected chi connectivity index (χ1v) is 7.71. The summed E-state index contributed by atoms with van der Waals surface area (Å²) in [6.45, 7) is 2.18. The topological polar surface area (TPSA) is 35.0 Å². The Morgan fingerprint density at radius 2 is 1.78 bits per heavy atom. The number of methoxy groups -OCH3 is 1. The number of unbranched alkanes of at least 4 members (excludes halogenated alkanes) is 1. The zero-order valence-corrected chi connectivity index (χ0v) is 14.3. The summed E-state index contributed by atoms with van der Waals surface area (Å²) in [5.41, 5.74) is 2.09. The summed E-state index contributed by atoms with van der Waals surface area (Å²) in [4.78, 5) is 9.11. The molecule has 0 aliphatic heterocycles. The predicted octanol–water partition coefficient (Wildman–Crippen LogP) is 5.07. The van der Waals surface area contributed by atoms with Crippen LogP contribution >= 0.6 is 12.4 Å². The summed E-state index contributed by atoms with van der Waals surface area (Å²) < 4.78 is 5.46. The summed E-state index contributed by atoms with van der Waals surface area (Å²) >= 11 is 0. The van der Waals surface area contributed by atoms with E-state index < -0.39 is 0 Å². The highest BCUT2D eigenvalue weighted by Gasteiger charge is 2.09. The number of fused-ring (bicyclic) bond motifs is 1. The third kappa shape index (κ3) is 3.62. The second-order valence-corrected chi connectivity index (χ2v) is 5.32. The van der Waals surface area contributed by atoms with Crippen LogP contribution in [0.1, 0.15) is 25.6 Å². The van der Waals surface area contributed by atoms with E-state index in [-0.39, 0.29) is 12.4 Å². The normalized spacial score (nSPS) is 10.3. The fraction of sp³-hybridized carbons (Fsp3) is 0.263. The third-order valence-corrected chi connectivity index (χ3v) is 3.84. The molecule has 0 bridgehead atoms. The molecule has 0 saturated carbocycles. The lowest BCUT2D eigenvalue weighted by Gasteiger charge is -2.10. The van der Waals surface area contributed by atoms with Gasteiger partial charge in [-0.05, 0) is 30.0 Å². The molecule has 0 saturated heterocycles. The van der Waals surface area contributed by atoms with E-state index in [1.165, 1.54) is 0 Å². The highest BCUT2D eigenvalue weighted by Crippen LogP contribution is 2.33. The van der Waals surface area contributed by atoms with E-state index in [1.807, 2.05) is 30.5 Å². The van der Waals surface area contributed by atoms with E-state index >= 15 is 0 Å². The van der Waals surface area contributed by atoms with Crippen LogP contribution in [0, 0.1) is 0 Å². The van der Waals surface area contributed by atoms with Crippen LogP contribution in [0.2, 0.25) is 0 Å². The summed E-state index contributed by atoms with van der Waals surface area (Å²) in [5.74, 6) is 1.80. The van der Waals surface area contributed by atoms with Gasteiger partial charge in [0.25, 0.3) is 0 Å². The van der Waals surface area contributed by atoms with Gasteiger partial charge in [-0.2, -0.15) is 0 Å². The molecule has 0 unspecified atom stereocenters. The zero-order valence-electron chi connectivity index (χ0n) is 13.5. The first kappa shape index (κ1) is 17.2. The van der Waals surface area contributed by atoms with Crippen LogP contribution in [0.4, 0.5) is 0 Å². The lowest BCUT2D eigenvalue weighted by atomic mass is 10.0. The van der Waals surface area contributed by atoms with Crippen molar-refractivity contribution in [3.8, 4) is 17.0 Å². The Hall–Kier alpha value is -2.13. The molecule has 0 N–H and O–H groups in total. The van der Waals surface area contributed by atoms with Crippen molar-refractivity contribution in [3.63, 3.8) is 0 Å². The van der Waals surface area contributed by atoms with E-state index in [2.05, 4.69) is 30.1 Å². The molecule has 0 radical (unpaired) electrons. The average Bonchev–Trinajstić information content (AvgIpc) is 2.59. The van der Waals surface area contributed by atoms with Crippen molar-refractivity contribution in [1.82, 2.24) is 9.97 Å². The molecular formula is C19H21ClN2O. The molecule has 3 nitrogen and oxygen atoms in total. The SMILES string of the molecule is CCCCc1nccc(-c2ccc(OC)c3ccccc23)n1.Cl.